The van der Waals surface area contributed by atoms with E-state index in [1.54, 1.807) is 0 Å². The van der Waals surface area contributed by atoms with Gasteiger partial charge in [0.2, 0.25) is 0 Å². The summed E-state index contributed by atoms with van der Waals surface area (Å²) in [6.45, 7) is 0.140. The van der Waals surface area contributed by atoms with E-state index >= 15 is 0 Å². The van der Waals surface area contributed by atoms with Gasteiger partial charge in [-0.05, 0) is 22.3 Å². The molecule has 0 saturated carbocycles. The average Bonchev–Trinajstić information content (AvgIpc) is 2.81. The van der Waals surface area contributed by atoms with Crippen LogP contribution in [0.2, 0.25) is 0 Å². The Morgan fingerprint density at radius 3 is 1.00 bits per heavy atom. The monoisotopic (exact) mass is 368 g/mol. The van der Waals surface area contributed by atoms with E-state index < -0.39 is 5.60 Å². The minimum Gasteiger partial charge on any atom is -0.392 e. The van der Waals surface area contributed by atoms with E-state index in [1.807, 2.05) is 121 Å². The Morgan fingerprint density at radius 1 is 0.464 bits per heavy atom. The predicted octanol–water partition coefficient (Wildman–Crippen LogP) is 5.15. The third-order valence-electron chi connectivity index (χ3n) is 4.60. The van der Waals surface area contributed by atoms with E-state index in [2.05, 4.69) is 0 Å². The van der Waals surface area contributed by atoms with Gasteiger partial charge in [0.1, 0.15) is 5.60 Å². The second kappa shape index (κ2) is 9.65. The summed E-state index contributed by atoms with van der Waals surface area (Å²) in [5.41, 5.74) is 2.46. The number of aliphatic hydroxyl groups is 2. The zero-order valence-electron chi connectivity index (χ0n) is 15.6. The van der Waals surface area contributed by atoms with E-state index in [1.165, 1.54) is 0 Å². The van der Waals surface area contributed by atoms with Crippen molar-refractivity contribution in [3.8, 4) is 0 Å². The molecule has 0 spiro atoms. The fourth-order valence-corrected chi connectivity index (χ4v) is 3.12. The standard InChI is InChI=1S/C19H16O.C7H8O/c20-19(16-10-4-1-5-11-16,17-12-6-2-7-13-17)18-14-8-3-9-15-18;8-6-7-4-2-1-3-5-7/h1-15,20H;1-5,8H,6H2. The lowest BCUT2D eigenvalue weighted by atomic mass is 9.80. The van der Waals surface area contributed by atoms with Gasteiger partial charge in [0.25, 0.3) is 0 Å². The Hall–Kier alpha value is -3.20. The summed E-state index contributed by atoms with van der Waals surface area (Å²) in [6, 6.07) is 38.9. The van der Waals surface area contributed by atoms with Crippen LogP contribution in [0.1, 0.15) is 22.3 Å². The maximum atomic E-state index is 11.4. The highest BCUT2D eigenvalue weighted by Gasteiger charge is 2.33. The average molecular weight is 368 g/mol. The van der Waals surface area contributed by atoms with Gasteiger partial charge in [0, 0.05) is 0 Å². The molecule has 0 heterocycles. The molecule has 0 aliphatic carbocycles. The van der Waals surface area contributed by atoms with Gasteiger partial charge >= 0.3 is 0 Å². The molecule has 0 unspecified atom stereocenters. The minimum atomic E-state index is -1.12. The van der Waals surface area contributed by atoms with Gasteiger partial charge < -0.3 is 10.2 Å². The summed E-state index contributed by atoms with van der Waals surface area (Å²) in [5.74, 6) is 0. The van der Waals surface area contributed by atoms with Crippen LogP contribution in [0.25, 0.3) is 0 Å². The van der Waals surface area contributed by atoms with Crippen LogP contribution >= 0.6 is 0 Å². The molecule has 0 atom stereocenters. The van der Waals surface area contributed by atoms with Gasteiger partial charge in [0.15, 0.2) is 0 Å². The van der Waals surface area contributed by atoms with Crippen molar-refractivity contribution >= 4 is 0 Å². The van der Waals surface area contributed by atoms with Gasteiger partial charge in [-0.2, -0.15) is 0 Å². The van der Waals surface area contributed by atoms with Gasteiger partial charge in [-0.15, -0.1) is 0 Å². The van der Waals surface area contributed by atoms with Gasteiger partial charge in [-0.1, -0.05) is 121 Å². The number of aliphatic hydroxyl groups excluding tert-OH is 1. The minimum absolute atomic E-state index is 0.140. The zero-order valence-corrected chi connectivity index (χ0v) is 15.6. The molecule has 0 bridgehead atoms. The van der Waals surface area contributed by atoms with Crippen molar-refractivity contribution < 1.29 is 10.2 Å². The number of rotatable bonds is 4. The number of benzene rings is 4. The molecule has 0 saturated heterocycles. The highest BCUT2D eigenvalue weighted by molar-refractivity contribution is 5.46. The third-order valence-corrected chi connectivity index (χ3v) is 4.60. The van der Waals surface area contributed by atoms with Crippen molar-refractivity contribution in [2.75, 3.05) is 0 Å². The molecule has 0 radical (unpaired) electrons. The first-order valence-electron chi connectivity index (χ1n) is 9.29. The number of hydrogen-bond donors (Lipinski definition) is 2. The largest absolute Gasteiger partial charge is 0.392 e. The molecule has 0 aliphatic rings. The second-order valence-corrected chi connectivity index (χ2v) is 6.45. The molecule has 2 nitrogen and oxygen atoms in total. The van der Waals surface area contributed by atoms with E-state index in [0.29, 0.717) is 0 Å². The van der Waals surface area contributed by atoms with Crippen LogP contribution in [-0.2, 0) is 12.2 Å². The molecule has 4 rings (SSSR count). The Labute approximate surface area is 166 Å². The molecule has 4 aromatic carbocycles. The normalized spacial score (nSPS) is 10.6. The summed E-state index contributed by atoms with van der Waals surface area (Å²) in [4.78, 5) is 0. The van der Waals surface area contributed by atoms with Crippen LogP contribution < -0.4 is 0 Å². The Balaban J connectivity index is 0.000000236. The quantitative estimate of drug-likeness (QED) is 0.489. The van der Waals surface area contributed by atoms with E-state index in [0.717, 1.165) is 22.3 Å². The van der Waals surface area contributed by atoms with Crippen LogP contribution in [0.4, 0.5) is 0 Å². The summed E-state index contributed by atoms with van der Waals surface area (Å²) >= 11 is 0. The van der Waals surface area contributed by atoms with Crippen LogP contribution in [0, 0.1) is 0 Å². The SMILES string of the molecule is OC(c1ccccc1)(c1ccccc1)c1ccccc1.OCc1ccccc1. The third kappa shape index (κ3) is 4.55. The summed E-state index contributed by atoms with van der Waals surface area (Å²) < 4.78 is 0. The number of hydrogen-bond acceptors (Lipinski definition) is 2. The van der Waals surface area contributed by atoms with Crippen molar-refractivity contribution in [3.05, 3.63) is 144 Å². The first-order chi connectivity index (χ1) is 13.7. The lowest BCUT2D eigenvalue weighted by Crippen LogP contribution is -2.28. The fourth-order valence-electron chi connectivity index (χ4n) is 3.12. The van der Waals surface area contributed by atoms with E-state index in [4.69, 9.17) is 5.11 Å². The first kappa shape index (κ1) is 19.6. The highest BCUT2D eigenvalue weighted by Crippen LogP contribution is 2.36. The highest BCUT2D eigenvalue weighted by atomic mass is 16.3. The van der Waals surface area contributed by atoms with Crippen molar-refractivity contribution in [2.45, 2.75) is 12.2 Å². The molecule has 0 fully saturated rings. The Morgan fingerprint density at radius 2 is 0.750 bits per heavy atom. The Kier molecular flexibility index (Phi) is 6.74. The summed E-state index contributed by atoms with van der Waals surface area (Å²) in [5, 5.41) is 20.0. The second-order valence-electron chi connectivity index (χ2n) is 6.45. The van der Waals surface area contributed by atoms with Crippen molar-refractivity contribution in [1.29, 1.82) is 0 Å². The first-order valence-corrected chi connectivity index (χ1v) is 9.29. The fraction of sp³-hybridized carbons (Fsp3) is 0.0769. The van der Waals surface area contributed by atoms with Crippen molar-refractivity contribution in [1.82, 2.24) is 0 Å². The van der Waals surface area contributed by atoms with Gasteiger partial charge in [-0.3, -0.25) is 0 Å². The maximum absolute atomic E-state index is 11.4. The van der Waals surface area contributed by atoms with E-state index in [-0.39, 0.29) is 6.61 Å². The molecular formula is C26H24O2. The molecule has 0 amide bonds. The topological polar surface area (TPSA) is 40.5 Å². The van der Waals surface area contributed by atoms with Crippen LogP contribution in [0.5, 0.6) is 0 Å². The van der Waals surface area contributed by atoms with Gasteiger partial charge in [-0.25, -0.2) is 0 Å². The van der Waals surface area contributed by atoms with Crippen LogP contribution in [0.3, 0.4) is 0 Å². The molecule has 140 valence electrons. The Bertz CT molecular complexity index is 840. The van der Waals surface area contributed by atoms with Crippen molar-refractivity contribution in [2.24, 2.45) is 0 Å². The molecule has 4 aromatic rings. The zero-order chi connectivity index (χ0) is 19.7. The molecule has 28 heavy (non-hydrogen) atoms. The lowest BCUT2D eigenvalue weighted by Gasteiger charge is -2.30. The van der Waals surface area contributed by atoms with Crippen molar-refractivity contribution in [3.63, 3.8) is 0 Å². The summed E-state index contributed by atoms with van der Waals surface area (Å²) in [6.07, 6.45) is 0. The molecular weight excluding hydrogens is 344 g/mol. The molecule has 0 aromatic heterocycles. The smallest absolute Gasteiger partial charge is 0.140 e. The maximum Gasteiger partial charge on any atom is 0.140 e. The van der Waals surface area contributed by atoms with E-state index in [9.17, 15) is 5.11 Å². The van der Waals surface area contributed by atoms with Crippen LogP contribution in [-0.4, -0.2) is 10.2 Å². The van der Waals surface area contributed by atoms with Crippen LogP contribution in [0.15, 0.2) is 121 Å². The summed E-state index contributed by atoms with van der Waals surface area (Å²) in [7, 11) is 0. The predicted molar refractivity (Wildman–Crippen MR) is 114 cm³/mol. The molecule has 0 aliphatic heterocycles. The molecule has 2 N–H and O–H groups in total. The lowest BCUT2D eigenvalue weighted by molar-refractivity contribution is 0.125. The molecule has 2 heteroatoms. The van der Waals surface area contributed by atoms with Gasteiger partial charge in [0.05, 0.1) is 6.61 Å².